The zero-order valence-electron chi connectivity index (χ0n) is 7.22. The minimum absolute atomic E-state index is 0.628. The maximum absolute atomic E-state index is 5.54. The molecule has 11 heavy (non-hydrogen) atoms. The zero-order chi connectivity index (χ0) is 8.74. The quantitative estimate of drug-likeness (QED) is 0.503. The van der Waals surface area contributed by atoms with Crippen molar-refractivity contribution in [2.45, 2.75) is 11.1 Å². The number of rotatable bonds is 6. The zero-order valence-corrected chi connectivity index (χ0v) is 9.54. The molecule has 0 aromatic carbocycles. The normalized spacial score (nSPS) is 12.0. The van der Waals surface area contributed by atoms with E-state index in [-0.39, 0.29) is 0 Å². The van der Waals surface area contributed by atoms with Crippen LogP contribution in [0.15, 0.2) is 0 Å². The van der Waals surface area contributed by atoms with Gasteiger partial charge in [0.05, 0.1) is 0 Å². The van der Waals surface area contributed by atoms with Gasteiger partial charge in [-0.1, -0.05) is 0 Å². The molecule has 3 nitrogen and oxygen atoms in total. The Balaban J connectivity index is 3.84. The molecule has 0 radical (unpaired) electrons. The number of hydrogen-bond donors (Lipinski definition) is 0. The second-order valence-electron chi connectivity index (χ2n) is 2.09. The van der Waals surface area contributed by atoms with Crippen molar-refractivity contribution < 1.29 is 27.7 Å². The topological polar surface area (TPSA) is 27.7 Å². The molecule has 0 spiro atoms. The van der Waals surface area contributed by atoms with Crippen molar-refractivity contribution in [3.8, 4) is 0 Å². The van der Waals surface area contributed by atoms with Crippen LogP contribution in [0.5, 0.6) is 0 Å². The molecule has 0 saturated carbocycles. The molecule has 0 heterocycles. The van der Waals surface area contributed by atoms with Gasteiger partial charge in [-0.25, -0.2) is 0 Å². The second kappa shape index (κ2) is 6.41. The van der Waals surface area contributed by atoms with Crippen molar-refractivity contribution in [1.82, 2.24) is 0 Å². The molecule has 0 amide bonds. The molecular weight excluding hydrogens is 203 g/mol. The monoisotopic (exact) mass is 218 g/mol. The van der Waals surface area contributed by atoms with E-state index in [1.165, 1.54) is 0 Å². The molecule has 0 aliphatic carbocycles. The average molecular weight is 219 g/mol. The molecule has 0 bridgehead atoms. The summed E-state index contributed by atoms with van der Waals surface area (Å²) in [6, 6.07) is 0. The third kappa shape index (κ3) is 3.88. The minimum atomic E-state index is -2.82. The predicted octanol–water partition coefficient (Wildman–Crippen LogP) is 1.87. The molecule has 0 rings (SSSR count). The Morgan fingerprint density at radius 2 is 1.55 bits per heavy atom. The average Bonchev–Trinajstić information content (AvgIpc) is 2.08. The molecule has 0 saturated heterocycles. The van der Waals surface area contributed by atoms with Gasteiger partial charge in [0.1, 0.15) is 0 Å². The van der Waals surface area contributed by atoms with E-state index in [2.05, 4.69) is 0 Å². The first-order valence-electron chi connectivity index (χ1n) is 3.46. The Morgan fingerprint density at radius 1 is 1.09 bits per heavy atom. The fourth-order valence-corrected chi connectivity index (χ4v) is 4.01. The van der Waals surface area contributed by atoms with E-state index in [1.54, 1.807) is 21.3 Å². The van der Waals surface area contributed by atoms with E-state index >= 15 is 0 Å². The van der Waals surface area contributed by atoms with Crippen LogP contribution in [0.4, 0.5) is 0 Å². The van der Waals surface area contributed by atoms with Crippen LogP contribution in [0.25, 0.3) is 0 Å². The summed E-state index contributed by atoms with van der Waals surface area (Å²) in [6.45, 7) is 0. The van der Waals surface area contributed by atoms with Crippen LogP contribution in [0.3, 0.4) is 0 Å². The van der Waals surface area contributed by atoms with Crippen LogP contribution in [-0.2, 0) is 27.7 Å². The first-order chi connectivity index (χ1) is 5.24. The van der Waals surface area contributed by atoms with Gasteiger partial charge in [0.25, 0.3) is 0 Å². The van der Waals surface area contributed by atoms with Crippen LogP contribution in [0, 0.1) is 0 Å². The van der Waals surface area contributed by atoms with Gasteiger partial charge >= 0.3 is 77.7 Å². The van der Waals surface area contributed by atoms with E-state index in [9.17, 15) is 0 Å². The van der Waals surface area contributed by atoms with Gasteiger partial charge < -0.3 is 0 Å². The fraction of sp³-hybridized carbons (Fsp3) is 1.00. The summed E-state index contributed by atoms with van der Waals surface area (Å²) in [5.74, 6) is 0.628. The maximum atomic E-state index is 5.54. The molecule has 0 aromatic heterocycles. The van der Waals surface area contributed by atoms with Gasteiger partial charge in [-0.05, 0) is 0 Å². The van der Waals surface area contributed by atoms with Crippen molar-refractivity contribution in [3.05, 3.63) is 0 Å². The molecule has 5 heteroatoms. The van der Waals surface area contributed by atoms with Gasteiger partial charge in [-0.3, -0.25) is 0 Å². The Morgan fingerprint density at radius 3 is 1.82 bits per heavy atom. The Hall–Kier alpha value is 0.884. The summed E-state index contributed by atoms with van der Waals surface area (Å²) >= 11 is 2.72. The Bertz CT molecular complexity index is 89.6. The third-order valence-corrected chi connectivity index (χ3v) is 6.24. The number of alkyl halides is 1. The predicted molar refractivity (Wildman–Crippen MR) is 41.2 cm³/mol. The molecule has 68 valence electrons. The molecule has 0 aromatic rings. The standard InChI is InChI=1S/C3H6Cl.3CH3O.Ti/c1-2-3-4;3*1-2;/h1-3H2;3*1H3;/q;3*-1;+3. The van der Waals surface area contributed by atoms with Crippen LogP contribution < -0.4 is 0 Å². The number of halogens is 1. The van der Waals surface area contributed by atoms with Crippen LogP contribution in [-0.4, -0.2) is 27.2 Å². The van der Waals surface area contributed by atoms with Crippen molar-refractivity contribution in [1.29, 1.82) is 0 Å². The first kappa shape index (κ1) is 11.9. The molecule has 0 N–H and O–H groups in total. The summed E-state index contributed by atoms with van der Waals surface area (Å²) < 4.78 is 16.5. The second-order valence-corrected chi connectivity index (χ2v) is 7.29. The molecule has 0 atom stereocenters. The van der Waals surface area contributed by atoms with Gasteiger partial charge in [0.15, 0.2) is 0 Å². The summed E-state index contributed by atoms with van der Waals surface area (Å²) in [6.07, 6.45) is 0.886. The van der Waals surface area contributed by atoms with Crippen LogP contribution in [0.2, 0.25) is 4.73 Å². The van der Waals surface area contributed by atoms with E-state index in [1.807, 2.05) is 0 Å². The molecule has 0 fully saturated rings. The van der Waals surface area contributed by atoms with Crippen molar-refractivity contribution >= 4 is 11.6 Å². The van der Waals surface area contributed by atoms with Crippen molar-refractivity contribution in [2.24, 2.45) is 0 Å². The molecule has 0 aliphatic rings. The van der Waals surface area contributed by atoms with E-state index in [4.69, 9.17) is 21.6 Å². The van der Waals surface area contributed by atoms with E-state index in [0.717, 1.165) is 11.1 Å². The van der Waals surface area contributed by atoms with Crippen LogP contribution in [0.1, 0.15) is 6.42 Å². The Labute approximate surface area is 77.7 Å². The summed E-state index contributed by atoms with van der Waals surface area (Å²) in [4.78, 5) is 0. The van der Waals surface area contributed by atoms with Gasteiger partial charge in [-0.15, -0.1) is 0 Å². The van der Waals surface area contributed by atoms with Crippen molar-refractivity contribution in [2.75, 3.05) is 27.2 Å². The van der Waals surface area contributed by atoms with Crippen LogP contribution >= 0.6 is 11.6 Å². The van der Waals surface area contributed by atoms with Crippen molar-refractivity contribution in [3.63, 3.8) is 0 Å². The summed E-state index contributed by atoms with van der Waals surface area (Å²) in [5.41, 5.74) is 0. The third-order valence-electron chi connectivity index (χ3n) is 1.55. The summed E-state index contributed by atoms with van der Waals surface area (Å²) in [5, 5.41) is 0. The number of hydrogen-bond acceptors (Lipinski definition) is 3. The SMILES string of the molecule is C[O][Ti]([CH2]CCCl)([O]C)[O]C. The summed E-state index contributed by atoms with van der Waals surface area (Å²) in [7, 11) is 4.88. The molecule has 0 unspecified atom stereocenters. The first-order valence-corrected chi connectivity index (χ1v) is 7.01. The molecular formula is C6H15ClO3Ti. The van der Waals surface area contributed by atoms with Gasteiger partial charge in [0.2, 0.25) is 0 Å². The fourth-order valence-electron chi connectivity index (χ4n) is 0.840. The van der Waals surface area contributed by atoms with E-state index in [0.29, 0.717) is 5.88 Å². The van der Waals surface area contributed by atoms with Gasteiger partial charge in [0, 0.05) is 0 Å². The Kier molecular flexibility index (Phi) is 6.92. The van der Waals surface area contributed by atoms with Gasteiger partial charge in [-0.2, -0.15) is 0 Å². The van der Waals surface area contributed by atoms with E-state index < -0.39 is 17.8 Å². The molecule has 0 aliphatic heterocycles.